The van der Waals surface area contributed by atoms with Crippen molar-refractivity contribution in [3.8, 4) is 5.75 Å². The average molecular weight is 511 g/mol. The maximum absolute atomic E-state index is 13.2. The molecule has 3 heterocycles. The van der Waals surface area contributed by atoms with E-state index in [9.17, 15) is 4.79 Å². The predicted molar refractivity (Wildman–Crippen MR) is 139 cm³/mol. The standard InChI is InChI=1S/C28H38BNO5S/c1-14(15-12-30-13-15)36-20-8-7-17(24-23(20)25(31)33-27(4,5)32-24)18-11-19(18)29-34-22-10-16-9-21(26(16,2)3)28(22,6)35-29/h7-8,14-16,18-19,21-22,30H,9-13H2,1-6H3/t14-,16+,18+,19+,21+,22-,28-/m0/s1. The molecule has 0 unspecified atom stereocenters. The van der Waals surface area contributed by atoms with Crippen LogP contribution in [-0.2, 0) is 14.0 Å². The third-order valence-corrected chi connectivity index (χ3v) is 11.7. The molecule has 8 heteroatoms. The molecule has 6 nitrogen and oxygen atoms in total. The summed E-state index contributed by atoms with van der Waals surface area (Å²) in [6.07, 6.45) is 3.55. The molecule has 0 spiro atoms. The Morgan fingerprint density at radius 1 is 1.08 bits per heavy atom. The maximum atomic E-state index is 13.2. The first-order valence-electron chi connectivity index (χ1n) is 13.8. The number of hydrogen-bond acceptors (Lipinski definition) is 7. The van der Waals surface area contributed by atoms with Crippen molar-refractivity contribution in [3.05, 3.63) is 23.3 Å². The highest BCUT2D eigenvalue weighted by molar-refractivity contribution is 8.00. The minimum atomic E-state index is -0.981. The van der Waals surface area contributed by atoms with Gasteiger partial charge in [0.25, 0.3) is 0 Å². The van der Waals surface area contributed by atoms with Crippen molar-refractivity contribution in [2.45, 2.75) is 100 Å². The second-order valence-corrected chi connectivity index (χ2v) is 14.8. The number of ether oxygens (including phenoxy) is 2. The molecule has 2 saturated heterocycles. The highest BCUT2D eigenvalue weighted by Crippen LogP contribution is 2.68. The van der Waals surface area contributed by atoms with Crippen LogP contribution in [-0.4, -0.2) is 48.9 Å². The average Bonchev–Trinajstić information content (AvgIpc) is 3.44. The van der Waals surface area contributed by atoms with E-state index in [0.29, 0.717) is 39.6 Å². The molecule has 1 aromatic rings. The lowest BCUT2D eigenvalue weighted by molar-refractivity contribution is -0.199. The van der Waals surface area contributed by atoms with Gasteiger partial charge in [0.2, 0.25) is 5.79 Å². The summed E-state index contributed by atoms with van der Waals surface area (Å²) in [5.74, 6) is 1.93. The quantitative estimate of drug-likeness (QED) is 0.329. The molecule has 0 amide bonds. The van der Waals surface area contributed by atoms with Crippen LogP contribution < -0.4 is 10.1 Å². The second-order valence-electron chi connectivity index (χ2n) is 13.3. The largest absolute Gasteiger partial charge is 0.461 e. The summed E-state index contributed by atoms with van der Waals surface area (Å²) in [4.78, 5) is 14.2. The monoisotopic (exact) mass is 511 g/mol. The number of esters is 1. The summed E-state index contributed by atoms with van der Waals surface area (Å²) < 4.78 is 25.4. The summed E-state index contributed by atoms with van der Waals surface area (Å²) >= 11 is 1.76. The number of fused-ring (bicyclic) bond motifs is 1. The molecule has 7 aliphatic rings. The summed E-state index contributed by atoms with van der Waals surface area (Å²) in [5, 5.41) is 3.77. The summed E-state index contributed by atoms with van der Waals surface area (Å²) in [6.45, 7) is 15.0. The number of benzene rings is 1. The number of cyclic esters (lactones) is 1. The topological polar surface area (TPSA) is 66.0 Å². The minimum absolute atomic E-state index is 0.181. The SMILES string of the molecule is C[C@H](Sc1ccc([C@H]2C[C@H]2B2O[C@H]3C[C@H]4C[C@H](C4(C)C)[C@]3(C)O2)c2c1C(=O)OC(C)(C)O2)C1CNC1. The van der Waals surface area contributed by atoms with Crippen molar-refractivity contribution in [3.63, 3.8) is 0 Å². The zero-order valence-electron chi connectivity index (χ0n) is 22.3. The number of nitrogens with one attached hydrogen (secondary N) is 1. The maximum Gasteiger partial charge on any atom is 0.461 e. The highest BCUT2D eigenvalue weighted by Gasteiger charge is 2.70. The Morgan fingerprint density at radius 2 is 1.86 bits per heavy atom. The van der Waals surface area contributed by atoms with Gasteiger partial charge in [-0.05, 0) is 66.9 Å². The fraction of sp³-hybridized carbons (Fsp3) is 0.750. The van der Waals surface area contributed by atoms with Crippen molar-refractivity contribution in [1.29, 1.82) is 0 Å². The van der Waals surface area contributed by atoms with E-state index in [1.807, 2.05) is 13.8 Å². The molecule has 194 valence electrons. The molecule has 7 atom stereocenters. The van der Waals surface area contributed by atoms with Crippen LogP contribution >= 0.6 is 11.8 Å². The van der Waals surface area contributed by atoms with Gasteiger partial charge >= 0.3 is 13.1 Å². The fourth-order valence-corrected chi connectivity index (χ4v) is 8.94. The van der Waals surface area contributed by atoms with Gasteiger partial charge in [-0.15, -0.1) is 11.8 Å². The van der Waals surface area contributed by atoms with Gasteiger partial charge in [0.05, 0.1) is 11.7 Å². The number of carbonyl (C=O) groups excluding carboxylic acids is 1. The van der Waals surface area contributed by atoms with Gasteiger partial charge in [0.1, 0.15) is 11.3 Å². The molecule has 0 aromatic heterocycles. The van der Waals surface area contributed by atoms with E-state index in [-0.39, 0.29) is 30.7 Å². The van der Waals surface area contributed by atoms with Crippen LogP contribution in [0.1, 0.15) is 82.6 Å². The molecular weight excluding hydrogens is 473 g/mol. The molecule has 1 N–H and O–H groups in total. The third-order valence-electron chi connectivity index (χ3n) is 10.4. The molecule has 36 heavy (non-hydrogen) atoms. The molecule has 0 radical (unpaired) electrons. The van der Waals surface area contributed by atoms with Crippen LogP contribution in [0.3, 0.4) is 0 Å². The molecule has 3 aliphatic heterocycles. The van der Waals surface area contributed by atoms with Gasteiger partial charge in [-0.2, -0.15) is 0 Å². The molecular formula is C28H38BNO5S. The second kappa shape index (κ2) is 7.68. The van der Waals surface area contributed by atoms with Gasteiger partial charge < -0.3 is 24.1 Å². The fourth-order valence-electron chi connectivity index (χ4n) is 7.71. The first-order chi connectivity index (χ1) is 17.0. The number of rotatable bonds is 5. The Labute approximate surface area is 219 Å². The van der Waals surface area contributed by atoms with Crippen LogP contribution in [0, 0.1) is 23.2 Å². The van der Waals surface area contributed by atoms with E-state index in [1.54, 1.807) is 11.8 Å². The predicted octanol–water partition coefficient (Wildman–Crippen LogP) is 5.26. The van der Waals surface area contributed by atoms with Gasteiger partial charge in [-0.3, -0.25) is 0 Å². The van der Waals surface area contributed by atoms with Crippen molar-refractivity contribution >= 4 is 24.8 Å². The van der Waals surface area contributed by atoms with Gasteiger partial charge in [-0.1, -0.05) is 26.8 Å². The first-order valence-corrected chi connectivity index (χ1v) is 14.7. The molecule has 4 saturated carbocycles. The van der Waals surface area contributed by atoms with E-state index in [1.165, 1.54) is 6.42 Å². The Hall–Kier alpha value is -1.22. The summed E-state index contributed by atoms with van der Waals surface area (Å²) in [7, 11) is -0.181. The van der Waals surface area contributed by atoms with Crippen LogP contribution in [0.15, 0.2) is 17.0 Å². The number of thioether (sulfide) groups is 1. The molecule has 2 bridgehead atoms. The lowest BCUT2D eigenvalue weighted by Crippen LogP contribution is -2.65. The van der Waals surface area contributed by atoms with Crippen molar-refractivity contribution in [2.75, 3.05) is 13.1 Å². The highest BCUT2D eigenvalue weighted by atomic mass is 32.2. The zero-order chi connectivity index (χ0) is 25.2. The van der Waals surface area contributed by atoms with Crippen molar-refractivity contribution in [2.24, 2.45) is 23.2 Å². The van der Waals surface area contributed by atoms with Crippen molar-refractivity contribution in [1.82, 2.24) is 5.32 Å². The van der Waals surface area contributed by atoms with Crippen LogP contribution in [0.2, 0.25) is 5.82 Å². The molecule has 6 fully saturated rings. The molecule has 1 aromatic carbocycles. The zero-order valence-corrected chi connectivity index (χ0v) is 23.1. The van der Waals surface area contributed by atoms with E-state index in [4.69, 9.17) is 18.8 Å². The minimum Gasteiger partial charge on any atom is -0.452 e. The van der Waals surface area contributed by atoms with E-state index < -0.39 is 5.79 Å². The Kier molecular flexibility index (Phi) is 5.09. The smallest absolute Gasteiger partial charge is 0.452 e. The Bertz CT molecular complexity index is 1120. The van der Waals surface area contributed by atoms with E-state index in [0.717, 1.165) is 42.3 Å². The normalized spacial score (nSPS) is 40.2. The van der Waals surface area contributed by atoms with E-state index >= 15 is 0 Å². The summed E-state index contributed by atoms with van der Waals surface area (Å²) in [5.41, 5.74) is 1.84. The Morgan fingerprint density at radius 3 is 2.56 bits per heavy atom. The number of hydrogen-bond donors (Lipinski definition) is 1. The number of carbonyl (C=O) groups is 1. The van der Waals surface area contributed by atoms with Gasteiger partial charge in [0, 0.05) is 42.9 Å². The third kappa shape index (κ3) is 3.39. The summed E-state index contributed by atoms with van der Waals surface area (Å²) in [6, 6.07) is 4.28. The molecule has 4 aliphatic carbocycles. The van der Waals surface area contributed by atoms with Crippen LogP contribution in [0.25, 0.3) is 0 Å². The van der Waals surface area contributed by atoms with Gasteiger partial charge in [0.15, 0.2) is 0 Å². The van der Waals surface area contributed by atoms with Crippen LogP contribution in [0.4, 0.5) is 0 Å². The lowest BCUT2D eigenvalue weighted by atomic mass is 9.43. The lowest BCUT2D eigenvalue weighted by Gasteiger charge is -2.64. The first kappa shape index (κ1) is 23.9. The van der Waals surface area contributed by atoms with Crippen LogP contribution in [0.5, 0.6) is 5.75 Å². The van der Waals surface area contributed by atoms with Crippen molar-refractivity contribution < 1.29 is 23.6 Å². The Balaban J connectivity index is 1.15. The molecule has 8 rings (SSSR count). The van der Waals surface area contributed by atoms with Gasteiger partial charge in [-0.25, -0.2) is 4.79 Å². The van der Waals surface area contributed by atoms with E-state index in [2.05, 4.69) is 45.1 Å².